The molecule has 0 spiro atoms. The van der Waals surface area contributed by atoms with Crippen molar-refractivity contribution in [3.8, 4) is 0 Å². The molecular formula is C18H26N2S. The van der Waals surface area contributed by atoms with Gasteiger partial charge in [0.15, 0.2) is 0 Å². The Kier molecular flexibility index (Phi) is 7.33. The summed E-state index contributed by atoms with van der Waals surface area (Å²) in [6, 6.07) is 15.1. The van der Waals surface area contributed by atoms with Crippen molar-refractivity contribution in [1.82, 2.24) is 5.32 Å². The Morgan fingerprint density at radius 1 is 1.00 bits per heavy atom. The van der Waals surface area contributed by atoms with E-state index in [1.165, 1.54) is 23.4 Å². The van der Waals surface area contributed by atoms with Crippen molar-refractivity contribution in [3.05, 3.63) is 52.7 Å². The SMILES string of the molecule is CCCCN(CCNCCc1cccs1)c1ccccc1. The van der Waals surface area contributed by atoms with Gasteiger partial charge in [-0.1, -0.05) is 37.6 Å². The van der Waals surface area contributed by atoms with E-state index in [4.69, 9.17) is 0 Å². The summed E-state index contributed by atoms with van der Waals surface area (Å²) in [6.07, 6.45) is 3.64. The highest BCUT2D eigenvalue weighted by atomic mass is 32.1. The maximum Gasteiger partial charge on any atom is 0.0366 e. The van der Waals surface area contributed by atoms with Gasteiger partial charge in [0, 0.05) is 36.7 Å². The van der Waals surface area contributed by atoms with Crippen molar-refractivity contribution in [3.63, 3.8) is 0 Å². The third-order valence-corrected chi connectivity index (χ3v) is 4.53. The average molecular weight is 302 g/mol. The largest absolute Gasteiger partial charge is 0.370 e. The minimum atomic E-state index is 1.05. The molecule has 0 radical (unpaired) electrons. The molecule has 0 aliphatic heterocycles. The Morgan fingerprint density at radius 2 is 1.86 bits per heavy atom. The van der Waals surface area contributed by atoms with E-state index in [0.29, 0.717) is 0 Å². The van der Waals surface area contributed by atoms with Crippen LogP contribution >= 0.6 is 11.3 Å². The van der Waals surface area contributed by atoms with Crippen molar-refractivity contribution >= 4 is 17.0 Å². The van der Waals surface area contributed by atoms with Gasteiger partial charge in [-0.05, 0) is 36.4 Å². The maximum atomic E-state index is 3.57. The lowest BCUT2D eigenvalue weighted by Gasteiger charge is -2.25. The van der Waals surface area contributed by atoms with Crippen molar-refractivity contribution in [1.29, 1.82) is 0 Å². The molecular weight excluding hydrogens is 276 g/mol. The highest BCUT2D eigenvalue weighted by molar-refractivity contribution is 7.09. The third kappa shape index (κ3) is 5.90. The molecule has 2 nitrogen and oxygen atoms in total. The molecule has 0 atom stereocenters. The van der Waals surface area contributed by atoms with Crippen LogP contribution in [0.5, 0.6) is 0 Å². The number of para-hydroxylation sites is 1. The van der Waals surface area contributed by atoms with E-state index in [0.717, 1.165) is 32.6 Å². The van der Waals surface area contributed by atoms with E-state index in [2.05, 4.69) is 65.0 Å². The zero-order chi connectivity index (χ0) is 14.8. The molecule has 0 fully saturated rings. The Labute approximate surface area is 132 Å². The van der Waals surface area contributed by atoms with Crippen molar-refractivity contribution < 1.29 is 0 Å². The zero-order valence-corrected chi connectivity index (χ0v) is 13.7. The molecule has 2 aromatic rings. The topological polar surface area (TPSA) is 15.3 Å². The number of rotatable bonds is 10. The number of nitrogens with zero attached hydrogens (tertiary/aromatic N) is 1. The number of unbranched alkanes of at least 4 members (excludes halogenated alkanes) is 1. The third-order valence-electron chi connectivity index (χ3n) is 3.59. The van der Waals surface area contributed by atoms with Crippen LogP contribution in [0.2, 0.25) is 0 Å². The second-order valence-corrected chi connectivity index (χ2v) is 6.29. The lowest BCUT2D eigenvalue weighted by atomic mass is 10.2. The molecule has 0 unspecified atom stereocenters. The van der Waals surface area contributed by atoms with Gasteiger partial charge >= 0.3 is 0 Å². The summed E-state index contributed by atoms with van der Waals surface area (Å²) in [6.45, 7) is 6.59. The Morgan fingerprint density at radius 3 is 2.57 bits per heavy atom. The number of nitrogens with one attached hydrogen (secondary N) is 1. The number of benzene rings is 1. The van der Waals surface area contributed by atoms with Crippen LogP contribution < -0.4 is 10.2 Å². The number of anilines is 1. The van der Waals surface area contributed by atoms with Crippen LogP contribution in [0.4, 0.5) is 5.69 Å². The first-order valence-electron chi connectivity index (χ1n) is 7.93. The second kappa shape index (κ2) is 9.59. The van der Waals surface area contributed by atoms with Gasteiger partial charge in [-0.2, -0.15) is 0 Å². The molecule has 2 rings (SSSR count). The van der Waals surface area contributed by atoms with E-state index >= 15 is 0 Å². The Balaban J connectivity index is 1.71. The fourth-order valence-electron chi connectivity index (χ4n) is 2.36. The van der Waals surface area contributed by atoms with Gasteiger partial charge < -0.3 is 10.2 Å². The van der Waals surface area contributed by atoms with Crippen molar-refractivity contribution in [2.24, 2.45) is 0 Å². The molecule has 3 heteroatoms. The van der Waals surface area contributed by atoms with Crippen LogP contribution in [0.15, 0.2) is 47.8 Å². The summed E-state index contributed by atoms with van der Waals surface area (Å²) < 4.78 is 0. The van der Waals surface area contributed by atoms with Gasteiger partial charge in [0.2, 0.25) is 0 Å². The molecule has 0 saturated heterocycles. The minimum absolute atomic E-state index is 1.05. The van der Waals surface area contributed by atoms with Crippen LogP contribution in [-0.2, 0) is 6.42 Å². The summed E-state index contributed by atoms with van der Waals surface area (Å²) in [4.78, 5) is 3.95. The number of thiophene rings is 1. The van der Waals surface area contributed by atoms with Gasteiger partial charge in [0.1, 0.15) is 0 Å². The lowest BCUT2D eigenvalue weighted by Crippen LogP contribution is -2.33. The molecule has 114 valence electrons. The fourth-order valence-corrected chi connectivity index (χ4v) is 3.07. The molecule has 1 N–H and O–H groups in total. The lowest BCUT2D eigenvalue weighted by molar-refractivity contribution is 0.643. The highest BCUT2D eigenvalue weighted by Gasteiger charge is 2.04. The van der Waals surface area contributed by atoms with Gasteiger partial charge in [-0.3, -0.25) is 0 Å². The standard InChI is InChI=1S/C18H26N2S/c1-2-3-14-20(17-8-5-4-6-9-17)15-13-19-12-11-18-10-7-16-21-18/h4-10,16,19H,2-3,11-15H2,1H3. The zero-order valence-electron chi connectivity index (χ0n) is 12.9. The molecule has 0 amide bonds. The average Bonchev–Trinajstić information content (AvgIpc) is 3.04. The quantitative estimate of drug-likeness (QED) is 0.662. The summed E-state index contributed by atoms with van der Waals surface area (Å²) >= 11 is 1.84. The molecule has 21 heavy (non-hydrogen) atoms. The Bertz CT molecular complexity index is 467. The minimum Gasteiger partial charge on any atom is -0.370 e. The normalized spacial score (nSPS) is 10.7. The Hall–Kier alpha value is -1.32. The first-order chi connectivity index (χ1) is 10.4. The summed E-state index contributed by atoms with van der Waals surface area (Å²) in [5.41, 5.74) is 1.34. The van der Waals surface area contributed by atoms with Crippen LogP contribution in [0.1, 0.15) is 24.6 Å². The maximum absolute atomic E-state index is 3.57. The highest BCUT2D eigenvalue weighted by Crippen LogP contribution is 2.13. The molecule has 0 aliphatic rings. The fraction of sp³-hybridized carbons (Fsp3) is 0.444. The summed E-state index contributed by atoms with van der Waals surface area (Å²) in [5.74, 6) is 0. The molecule has 1 aromatic carbocycles. The summed E-state index contributed by atoms with van der Waals surface area (Å²) in [7, 11) is 0. The first-order valence-corrected chi connectivity index (χ1v) is 8.81. The van der Waals surface area contributed by atoms with Gasteiger partial charge in [-0.25, -0.2) is 0 Å². The summed E-state index contributed by atoms with van der Waals surface area (Å²) in [5, 5.41) is 5.72. The van der Waals surface area contributed by atoms with Gasteiger partial charge in [-0.15, -0.1) is 11.3 Å². The van der Waals surface area contributed by atoms with E-state index < -0.39 is 0 Å². The smallest absolute Gasteiger partial charge is 0.0366 e. The van der Waals surface area contributed by atoms with Crippen LogP contribution in [0, 0.1) is 0 Å². The van der Waals surface area contributed by atoms with Crippen LogP contribution in [0.25, 0.3) is 0 Å². The molecule has 1 heterocycles. The predicted molar refractivity (Wildman–Crippen MR) is 94.5 cm³/mol. The molecule has 0 aliphatic carbocycles. The van der Waals surface area contributed by atoms with E-state index in [1.807, 2.05) is 11.3 Å². The van der Waals surface area contributed by atoms with Gasteiger partial charge in [0.05, 0.1) is 0 Å². The molecule has 1 aromatic heterocycles. The van der Waals surface area contributed by atoms with Crippen LogP contribution in [-0.4, -0.2) is 26.2 Å². The van der Waals surface area contributed by atoms with Gasteiger partial charge in [0.25, 0.3) is 0 Å². The first kappa shape index (κ1) is 16.1. The van der Waals surface area contributed by atoms with E-state index in [1.54, 1.807) is 0 Å². The number of hydrogen-bond donors (Lipinski definition) is 1. The monoisotopic (exact) mass is 302 g/mol. The number of hydrogen-bond acceptors (Lipinski definition) is 3. The molecule has 0 bridgehead atoms. The predicted octanol–water partition coefficient (Wildman–Crippen LogP) is 4.19. The van der Waals surface area contributed by atoms with Crippen LogP contribution in [0.3, 0.4) is 0 Å². The van der Waals surface area contributed by atoms with E-state index in [-0.39, 0.29) is 0 Å². The van der Waals surface area contributed by atoms with Crippen molar-refractivity contribution in [2.45, 2.75) is 26.2 Å². The van der Waals surface area contributed by atoms with Crippen molar-refractivity contribution in [2.75, 3.05) is 31.1 Å². The van der Waals surface area contributed by atoms with E-state index in [9.17, 15) is 0 Å². The second-order valence-electron chi connectivity index (χ2n) is 5.26. The molecule has 0 saturated carbocycles.